The number of hydrogen-bond acceptors (Lipinski definition) is 3. The number of carboxylic acid groups (broad SMARTS) is 1. The minimum Gasteiger partial charge on any atom is -0.490 e. The number of carbonyl (C=O) groups is 1. The van der Waals surface area contributed by atoms with Crippen molar-refractivity contribution in [3.05, 3.63) is 29.8 Å². The number of ether oxygens (including phenoxy) is 2. The summed E-state index contributed by atoms with van der Waals surface area (Å²) in [6.07, 6.45) is 7.32. The Balaban J connectivity index is 2.28. The van der Waals surface area contributed by atoms with Gasteiger partial charge in [-0.15, -0.1) is 0 Å². The highest BCUT2D eigenvalue weighted by molar-refractivity contribution is 5.86. The van der Waals surface area contributed by atoms with E-state index in [1.807, 2.05) is 25.1 Å². The van der Waals surface area contributed by atoms with Gasteiger partial charge in [0.25, 0.3) is 0 Å². The highest BCUT2D eigenvalue weighted by Gasteiger charge is 2.20. The Hall–Kier alpha value is -1.97. The normalized spacial score (nSPS) is 15.7. The van der Waals surface area contributed by atoms with Crippen molar-refractivity contribution in [1.29, 1.82) is 0 Å². The lowest BCUT2D eigenvalue weighted by molar-refractivity contribution is -0.131. The molecule has 0 atom stereocenters. The van der Waals surface area contributed by atoms with Crippen LogP contribution in [0.5, 0.6) is 11.5 Å². The Morgan fingerprint density at radius 3 is 2.80 bits per heavy atom. The van der Waals surface area contributed by atoms with Crippen molar-refractivity contribution in [2.24, 2.45) is 0 Å². The molecule has 1 fully saturated rings. The number of para-hydroxylation sites is 1. The lowest BCUT2D eigenvalue weighted by Crippen LogP contribution is -2.12. The molecule has 0 radical (unpaired) electrons. The van der Waals surface area contributed by atoms with Gasteiger partial charge in [-0.3, -0.25) is 0 Å². The average molecular weight is 276 g/mol. The number of hydrogen-bond donors (Lipinski definition) is 1. The van der Waals surface area contributed by atoms with E-state index in [4.69, 9.17) is 14.6 Å². The van der Waals surface area contributed by atoms with Gasteiger partial charge in [-0.1, -0.05) is 12.1 Å². The third-order valence-corrected chi connectivity index (χ3v) is 3.30. The molecule has 0 bridgehead atoms. The van der Waals surface area contributed by atoms with E-state index in [0.717, 1.165) is 24.5 Å². The predicted octanol–water partition coefficient (Wildman–Crippen LogP) is 3.50. The zero-order valence-electron chi connectivity index (χ0n) is 11.7. The quantitative estimate of drug-likeness (QED) is 0.808. The number of benzene rings is 1. The maximum atomic E-state index is 10.7. The van der Waals surface area contributed by atoms with Crippen LogP contribution in [0.15, 0.2) is 24.3 Å². The fourth-order valence-electron chi connectivity index (χ4n) is 2.39. The first-order chi connectivity index (χ1) is 9.70. The van der Waals surface area contributed by atoms with Crippen LogP contribution in [-0.4, -0.2) is 23.8 Å². The van der Waals surface area contributed by atoms with Crippen LogP contribution in [0.3, 0.4) is 0 Å². The summed E-state index contributed by atoms with van der Waals surface area (Å²) in [6, 6.07) is 5.53. The van der Waals surface area contributed by atoms with Crippen molar-refractivity contribution in [2.45, 2.75) is 38.7 Å². The number of aliphatic carboxylic acids is 1. The number of rotatable bonds is 6. The second kappa shape index (κ2) is 6.98. The molecule has 0 spiro atoms. The summed E-state index contributed by atoms with van der Waals surface area (Å²) in [6.45, 7) is 2.46. The molecule has 0 aromatic heterocycles. The predicted molar refractivity (Wildman–Crippen MR) is 77.2 cm³/mol. The molecule has 0 saturated heterocycles. The summed E-state index contributed by atoms with van der Waals surface area (Å²) in [4.78, 5) is 10.7. The van der Waals surface area contributed by atoms with Gasteiger partial charge >= 0.3 is 5.97 Å². The molecule has 0 unspecified atom stereocenters. The Morgan fingerprint density at radius 1 is 1.40 bits per heavy atom. The Labute approximate surface area is 119 Å². The van der Waals surface area contributed by atoms with Gasteiger partial charge in [0.05, 0.1) is 12.7 Å². The molecule has 4 heteroatoms. The van der Waals surface area contributed by atoms with E-state index < -0.39 is 5.97 Å². The molecule has 1 N–H and O–H groups in total. The van der Waals surface area contributed by atoms with Crippen molar-refractivity contribution < 1.29 is 19.4 Å². The minimum absolute atomic E-state index is 0.202. The van der Waals surface area contributed by atoms with Crippen molar-refractivity contribution in [2.75, 3.05) is 6.61 Å². The second-order valence-corrected chi connectivity index (χ2v) is 4.80. The van der Waals surface area contributed by atoms with Crippen LogP contribution in [0, 0.1) is 0 Å². The molecule has 0 amide bonds. The first-order valence-corrected chi connectivity index (χ1v) is 7.04. The van der Waals surface area contributed by atoms with E-state index in [-0.39, 0.29) is 6.10 Å². The van der Waals surface area contributed by atoms with Crippen LogP contribution in [0.25, 0.3) is 6.08 Å². The van der Waals surface area contributed by atoms with Crippen LogP contribution in [0.4, 0.5) is 0 Å². The van der Waals surface area contributed by atoms with Crippen LogP contribution in [-0.2, 0) is 4.79 Å². The molecule has 0 heterocycles. The van der Waals surface area contributed by atoms with E-state index in [1.165, 1.54) is 12.8 Å². The summed E-state index contributed by atoms with van der Waals surface area (Å²) >= 11 is 0. The number of carboxylic acids is 1. The summed E-state index contributed by atoms with van der Waals surface area (Å²) < 4.78 is 11.6. The summed E-state index contributed by atoms with van der Waals surface area (Å²) in [5.74, 6) is 0.351. The van der Waals surface area contributed by atoms with Crippen LogP contribution in [0.1, 0.15) is 38.2 Å². The summed E-state index contributed by atoms with van der Waals surface area (Å²) in [7, 11) is 0. The molecule has 1 aliphatic rings. The van der Waals surface area contributed by atoms with Crippen molar-refractivity contribution in [3.8, 4) is 11.5 Å². The zero-order chi connectivity index (χ0) is 14.4. The lowest BCUT2D eigenvalue weighted by Gasteiger charge is -2.18. The third-order valence-electron chi connectivity index (χ3n) is 3.30. The fraction of sp³-hybridized carbons (Fsp3) is 0.438. The highest BCUT2D eigenvalue weighted by Crippen LogP contribution is 2.35. The molecule has 1 aromatic carbocycles. The Kier molecular flexibility index (Phi) is 5.04. The standard InChI is InChI=1S/C16H20O4/c1-2-19-14-9-5-6-12(10-11-15(17)18)16(14)20-13-7-3-4-8-13/h5-6,9-11,13H,2-4,7-8H2,1H3,(H,17,18)/b11-10+. The van der Waals surface area contributed by atoms with Gasteiger partial charge in [0.1, 0.15) is 0 Å². The molecule has 20 heavy (non-hydrogen) atoms. The lowest BCUT2D eigenvalue weighted by atomic mass is 10.1. The average Bonchev–Trinajstić information content (AvgIpc) is 2.92. The van der Waals surface area contributed by atoms with E-state index in [0.29, 0.717) is 18.1 Å². The zero-order valence-corrected chi connectivity index (χ0v) is 11.7. The van der Waals surface area contributed by atoms with Crippen molar-refractivity contribution >= 4 is 12.0 Å². The van der Waals surface area contributed by atoms with Crippen LogP contribution < -0.4 is 9.47 Å². The van der Waals surface area contributed by atoms with Gasteiger partial charge in [-0.25, -0.2) is 4.79 Å². The molecule has 2 rings (SSSR count). The van der Waals surface area contributed by atoms with Crippen LogP contribution >= 0.6 is 0 Å². The molecule has 0 aliphatic heterocycles. The molecule has 4 nitrogen and oxygen atoms in total. The molecule has 108 valence electrons. The Bertz CT molecular complexity index is 487. The largest absolute Gasteiger partial charge is 0.490 e. The van der Waals surface area contributed by atoms with Gasteiger partial charge in [0.15, 0.2) is 11.5 Å². The third kappa shape index (κ3) is 3.76. The van der Waals surface area contributed by atoms with E-state index in [2.05, 4.69) is 0 Å². The summed E-state index contributed by atoms with van der Waals surface area (Å²) in [5.41, 5.74) is 0.741. The summed E-state index contributed by atoms with van der Waals surface area (Å²) in [5, 5.41) is 8.76. The van der Waals surface area contributed by atoms with E-state index in [1.54, 1.807) is 6.08 Å². The highest BCUT2D eigenvalue weighted by atomic mass is 16.5. The van der Waals surface area contributed by atoms with Gasteiger partial charge in [-0.05, 0) is 44.7 Å². The molecular weight excluding hydrogens is 256 g/mol. The van der Waals surface area contributed by atoms with Crippen molar-refractivity contribution in [1.82, 2.24) is 0 Å². The SMILES string of the molecule is CCOc1cccc(/C=C/C(=O)O)c1OC1CCCC1. The van der Waals surface area contributed by atoms with Crippen molar-refractivity contribution in [3.63, 3.8) is 0 Å². The maximum Gasteiger partial charge on any atom is 0.328 e. The van der Waals surface area contributed by atoms with E-state index in [9.17, 15) is 4.79 Å². The minimum atomic E-state index is -0.973. The van der Waals surface area contributed by atoms with E-state index >= 15 is 0 Å². The molecule has 1 aliphatic carbocycles. The van der Waals surface area contributed by atoms with Gasteiger partial charge in [0.2, 0.25) is 0 Å². The molecule has 1 saturated carbocycles. The maximum absolute atomic E-state index is 10.7. The first kappa shape index (κ1) is 14.4. The monoisotopic (exact) mass is 276 g/mol. The molecule has 1 aromatic rings. The topological polar surface area (TPSA) is 55.8 Å². The van der Waals surface area contributed by atoms with Gasteiger partial charge < -0.3 is 14.6 Å². The fourth-order valence-corrected chi connectivity index (χ4v) is 2.39. The smallest absolute Gasteiger partial charge is 0.328 e. The van der Waals surface area contributed by atoms with Crippen LogP contribution in [0.2, 0.25) is 0 Å². The second-order valence-electron chi connectivity index (χ2n) is 4.80. The van der Waals surface area contributed by atoms with Gasteiger partial charge in [-0.2, -0.15) is 0 Å². The Morgan fingerprint density at radius 2 is 2.15 bits per heavy atom. The molecular formula is C16H20O4. The van der Waals surface area contributed by atoms with Gasteiger partial charge in [0, 0.05) is 11.6 Å². The first-order valence-electron chi connectivity index (χ1n) is 7.04.